The van der Waals surface area contributed by atoms with Crippen molar-refractivity contribution in [2.75, 3.05) is 11.9 Å². The molecule has 5 nitrogen and oxygen atoms in total. The fraction of sp³-hybridized carbons (Fsp3) is 0.300. The second-order valence-corrected chi connectivity index (χ2v) is 3.22. The third-order valence-electron chi connectivity index (χ3n) is 2.03. The lowest BCUT2D eigenvalue weighted by molar-refractivity contribution is 0.330. The molecule has 0 aliphatic rings. The van der Waals surface area contributed by atoms with Crippen molar-refractivity contribution in [3.8, 4) is 0 Å². The molecule has 0 fully saturated rings. The molecule has 1 rings (SSSR count). The van der Waals surface area contributed by atoms with Crippen molar-refractivity contribution in [3.63, 3.8) is 0 Å². The van der Waals surface area contributed by atoms with E-state index in [-0.39, 0.29) is 6.61 Å². The van der Waals surface area contributed by atoms with Crippen LogP contribution < -0.4 is 16.6 Å². The van der Waals surface area contributed by atoms with E-state index < -0.39 is 0 Å². The van der Waals surface area contributed by atoms with Crippen LogP contribution >= 0.6 is 0 Å². The second-order valence-electron chi connectivity index (χ2n) is 3.22. The fourth-order valence-corrected chi connectivity index (χ4v) is 1.05. The number of aliphatic hydroxyl groups is 1. The predicted octanol–water partition coefficient (Wildman–Crippen LogP) is 0.489. The molecule has 0 aliphatic heterocycles. The number of hydrazine groups is 1. The summed E-state index contributed by atoms with van der Waals surface area (Å²) in [6, 6.07) is 3.78. The maximum atomic E-state index is 9.11. The number of pyridine rings is 1. The third kappa shape index (κ3) is 3.23. The average Bonchev–Trinajstić information content (AvgIpc) is 2.27. The number of hydrogen-bond donors (Lipinski definition) is 4. The van der Waals surface area contributed by atoms with Crippen LogP contribution in [-0.4, -0.2) is 16.7 Å². The van der Waals surface area contributed by atoms with Gasteiger partial charge in [0.2, 0.25) is 0 Å². The molecular weight excluding hydrogens is 192 g/mol. The Kier molecular flexibility index (Phi) is 4.08. The molecule has 5 N–H and O–H groups in total. The molecule has 0 spiro atoms. The van der Waals surface area contributed by atoms with Crippen LogP contribution in [0.3, 0.4) is 0 Å². The summed E-state index contributed by atoms with van der Waals surface area (Å²) in [5, 5.41) is 12.1. The van der Waals surface area contributed by atoms with E-state index in [0.717, 1.165) is 11.4 Å². The zero-order valence-electron chi connectivity index (χ0n) is 8.91. The number of allylic oxidation sites excluding steroid dienone is 1. The Bertz CT molecular complexity index is 345. The van der Waals surface area contributed by atoms with Crippen molar-refractivity contribution >= 4 is 5.69 Å². The van der Waals surface area contributed by atoms with Crippen molar-refractivity contribution in [2.45, 2.75) is 13.8 Å². The van der Waals surface area contributed by atoms with Gasteiger partial charge in [-0.2, -0.15) is 0 Å². The number of nitrogens with two attached hydrogens (primary N) is 1. The smallest absolute Gasteiger partial charge is 0.0848 e. The van der Waals surface area contributed by atoms with Crippen LogP contribution in [0.4, 0.5) is 5.69 Å². The van der Waals surface area contributed by atoms with Gasteiger partial charge in [0.1, 0.15) is 0 Å². The Hall–Kier alpha value is -1.59. The molecule has 0 unspecified atom stereocenters. The SMILES string of the molecule is C/C(NN)=C(\CO)Nc1ccc(C)nc1. The van der Waals surface area contributed by atoms with Gasteiger partial charge in [-0.15, -0.1) is 0 Å². The molecule has 0 radical (unpaired) electrons. The standard InChI is InChI=1S/C10H16N4O/c1-7-3-4-9(5-12-7)13-10(6-15)8(2)14-11/h3-5,13-15H,6,11H2,1-2H3/b10-8-. The summed E-state index contributed by atoms with van der Waals surface area (Å²) in [5.41, 5.74) is 5.57. The monoisotopic (exact) mass is 208 g/mol. The number of hydrogen-bond acceptors (Lipinski definition) is 5. The first-order chi connectivity index (χ1) is 7.17. The molecule has 1 aromatic rings. The van der Waals surface area contributed by atoms with Crippen LogP contribution in [-0.2, 0) is 0 Å². The van der Waals surface area contributed by atoms with Gasteiger partial charge >= 0.3 is 0 Å². The zero-order valence-corrected chi connectivity index (χ0v) is 8.91. The van der Waals surface area contributed by atoms with E-state index in [1.165, 1.54) is 0 Å². The maximum absolute atomic E-state index is 9.11. The molecule has 0 aliphatic carbocycles. The lowest BCUT2D eigenvalue weighted by atomic mass is 10.3. The predicted molar refractivity (Wildman–Crippen MR) is 59.7 cm³/mol. The van der Waals surface area contributed by atoms with Gasteiger partial charge in [0, 0.05) is 11.4 Å². The molecule has 0 saturated heterocycles. The molecule has 82 valence electrons. The highest BCUT2D eigenvalue weighted by Gasteiger charge is 2.01. The molecule has 0 bridgehead atoms. The van der Waals surface area contributed by atoms with Gasteiger partial charge < -0.3 is 15.8 Å². The van der Waals surface area contributed by atoms with Crippen LogP contribution in [0.5, 0.6) is 0 Å². The van der Waals surface area contributed by atoms with E-state index in [2.05, 4.69) is 15.7 Å². The van der Waals surface area contributed by atoms with Crippen LogP contribution in [0.1, 0.15) is 12.6 Å². The highest BCUT2D eigenvalue weighted by atomic mass is 16.3. The minimum atomic E-state index is -0.107. The summed E-state index contributed by atoms with van der Waals surface area (Å²) in [6.45, 7) is 3.59. The van der Waals surface area contributed by atoms with Gasteiger partial charge in [-0.1, -0.05) is 0 Å². The number of anilines is 1. The highest BCUT2D eigenvalue weighted by Crippen LogP contribution is 2.10. The summed E-state index contributed by atoms with van der Waals surface area (Å²) >= 11 is 0. The van der Waals surface area contributed by atoms with Gasteiger partial charge in [-0.3, -0.25) is 10.8 Å². The Morgan fingerprint density at radius 3 is 2.73 bits per heavy atom. The largest absolute Gasteiger partial charge is 0.390 e. The number of rotatable bonds is 4. The number of nitrogens with one attached hydrogen (secondary N) is 2. The van der Waals surface area contributed by atoms with Crippen molar-refractivity contribution in [1.29, 1.82) is 0 Å². The minimum Gasteiger partial charge on any atom is -0.390 e. The lowest BCUT2D eigenvalue weighted by Crippen LogP contribution is -2.23. The van der Waals surface area contributed by atoms with Gasteiger partial charge in [0.15, 0.2) is 0 Å². The van der Waals surface area contributed by atoms with Crippen molar-refractivity contribution < 1.29 is 5.11 Å². The summed E-state index contributed by atoms with van der Waals surface area (Å²) in [5.74, 6) is 5.25. The van der Waals surface area contributed by atoms with E-state index in [9.17, 15) is 0 Å². The maximum Gasteiger partial charge on any atom is 0.0848 e. The number of nitrogens with zero attached hydrogens (tertiary/aromatic N) is 1. The van der Waals surface area contributed by atoms with Crippen LogP contribution in [0, 0.1) is 6.92 Å². The molecule has 5 heteroatoms. The van der Waals surface area contributed by atoms with Crippen molar-refractivity contribution in [1.82, 2.24) is 10.4 Å². The first-order valence-corrected chi connectivity index (χ1v) is 4.64. The quantitative estimate of drug-likeness (QED) is 0.427. The summed E-state index contributed by atoms with van der Waals surface area (Å²) < 4.78 is 0. The summed E-state index contributed by atoms with van der Waals surface area (Å²) in [6.07, 6.45) is 1.70. The van der Waals surface area contributed by atoms with E-state index in [4.69, 9.17) is 10.9 Å². The molecule has 0 amide bonds. The van der Waals surface area contributed by atoms with Crippen molar-refractivity contribution in [2.24, 2.45) is 5.84 Å². The Morgan fingerprint density at radius 2 is 2.27 bits per heavy atom. The highest BCUT2D eigenvalue weighted by molar-refractivity contribution is 5.47. The van der Waals surface area contributed by atoms with Crippen LogP contribution in [0.25, 0.3) is 0 Å². The molecule has 1 heterocycles. The molecule has 15 heavy (non-hydrogen) atoms. The Labute approximate surface area is 89.0 Å². The van der Waals surface area contributed by atoms with Crippen LogP contribution in [0.2, 0.25) is 0 Å². The van der Waals surface area contributed by atoms with Gasteiger partial charge in [-0.05, 0) is 26.0 Å². The number of aryl methyl sites for hydroxylation is 1. The van der Waals surface area contributed by atoms with Gasteiger partial charge in [-0.25, -0.2) is 0 Å². The summed E-state index contributed by atoms with van der Waals surface area (Å²) in [7, 11) is 0. The first-order valence-electron chi connectivity index (χ1n) is 4.64. The van der Waals surface area contributed by atoms with Crippen molar-refractivity contribution in [3.05, 3.63) is 35.4 Å². The van der Waals surface area contributed by atoms with Gasteiger partial charge in [0.25, 0.3) is 0 Å². The summed E-state index contributed by atoms with van der Waals surface area (Å²) in [4.78, 5) is 4.13. The third-order valence-corrected chi connectivity index (χ3v) is 2.03. The Morgan fingerprint density at radius 1 is 1.53 bits per heavy atom. The van der Waals surface area contributed by atoms with E-state index >= 15 is 0 Å². The fourth-order valence-electron chi connectivity index (χ4n) is 1.05. The van der Waals surface area contributed by atoms with Crippen LogP contribution in [0.15, 0.2) is 29.7 Å². The lowest BCUT2D eigenvalue weighted by Gasteiger charge is -2.12. The normalized spacial score (nSPS) is 12.0. The first kappa shape index (κ1) is 11.5. The molecule has 0 atom stereocenters. The molecular formula is C10H16N4O. The molecule has 0 aromatic carbocycles. The Balaban J connectivity index is 2.80. The van der Waals surface area contributed by atoms with E-state index in [0.29, 0.717) is 11.4 Å². The van der Waals surface area contributed by atoms with Gasteiger partial charge in [0.05, 0.1) is 24.2 Å². The number of aliphatic hydroxyl groups excluding tert-OH is 1. The molecule has 0 saturated carbocycles. The number of aromatic nitrogens is 1. The molecule has 1 aromatic heterocycles. The average molecular weight is 208 g/mol. The van der Waals surface area contributed by atoms with E-state index in [1.807, 2.05) is 19.1 Å². The topological polar surface area (TPSA) is 83.2 Å². The second kappa shape index (κ2) is 5.33. The zero-order chi connectivity index (χ0) is 11.3. The minimum absolute atomic E-state index is 0.107. The van der Waals surface area contributed by atoms with E-state index in [1.54, 1.807) is 13.1 Å².